The molecule has 45 heavy (non-hydrogen) atoms. The molecule has 0 aromatic heterocycles. The predicted octanol–water partition coefficient (Wildman–Crippen LogP) is 6.43. The van der Waals surface area contributed by atoms with E-state index in [1.54, 1.807) is 0 Å². The molecule has 2 atom stereocenters. The summed E-state index contributed by atoms with van der Waals surface area (Å²) in [6.45, 7) is 2.60. The fraction of sp³-hybridized carbons (Fsp3) is 0.333. The minimum atomic E-state index is -0.948. The van der Waals surface area contributed by atoms with E-state index in [1.807, 2.05) is 91.0 Å². The van der Waals surface area contributed by atoms with Crippen LogP contribution in [0.15, 0.2) is 91.0 Å². The van der Waals surface area contributed by atoms with E-state index in [9.17, 15) is 14.7 Å². The number of methoxy groups -OCH3 is 1. The van der Waals surface area contributed by atoms with Gasteiger partial charge in [-0.05, 0) is 52.8 Å². The van der Waals surface area contributed by atoms with Crippen LogP contribution in [0.4, 0.5) is 4.79 Å². The van der Waals surface area contributed by atoms with Gasteiger partial charge in [0.05, 0.1) is 46.2 Å². The Bertz CT molecular complexity index is 1540. The van der Waals surface area contributed by atoms with Gasteiger partial charge in [-0.25, -0.2) is 9.59 Å². The van der Waals surface area contributed by atoms with Crippen LogP contribution in [0.5, 0.6) is 11.5 Å². The minimum absolute atomic E-state index is 0.0282. The van der Waals surface area contributed by atoms with Crippen LogP contribution in [0.3, 0.4) is 0 Å². The average Bonchev–Trinajstić information content (AvgIpc) is 3.08. The molecular formula is C36H39NO8. The van der Waals surface area contributed by atoms with Gasteiger partial charge in [-0.1, -0.05) is 66.7 Å². The Hall–Kier alpha value is -4.60. The largest absolute Gasteiger partial charge is 0.494 e. The van der Waals surface area contributed by atoms with Gasteiger partial charge in [0.2, 0.25) is 0 Å². The number of nitrogens with zero attached hydrogens (tertiary/aromatic N) is 1. The third-order valence-corrected chi connectivity index (χ3v) is 7.90. The molecule has 1 aliphatic rings. The van der Waals surface area contributed by atoms with Crippen molar-refractivity contribution in [2.24, 2.45) is 0 Å². The average molecular weight is 614 g/mol. The maximum absolute atomic E-state index is 11.8. The summed E-state index contributed by atoms with van der Waals surface area (Å²) in [5.41, 5.74) is 3.15. The van der Waals surface area contributed by atoms with Gasteiger partial charge in [-0.15, -0.1) is 0 Å². The summed E-state index contributed by atoms with van der Waals surface area (Å²) < 4.78 is 28.5. The monoisotopic (exact) mass is 613 g/mol. The smallest absolute Gasteiger partial charge is 0.407 e. The molecule has 2 unspecified atom stereocenters. The van der Waals surface area contributed by atoms with Gasteiger partial charge in [-0.3, -0.25) is 0 Å². The van der Waals surface area contributed by atoms with Gasteiger partial charge < -0.3 is 33.7 Å². The van der Waals surface area contributed by atoms with Gasteiger partial charge in [0.25, 0.3) is 0 Å². The van der Waals surface area contributed by atoms with Crippen LogP contribution >= 0.6 is 0 Å². The van der Waals surface area contributed by atoms with Crippen LogP contribution < -0.4 is 9.47 Å². The number of fused-ring (bicyclic) bond motifs is 1. The molecule has 1 fully saturated rings. The molecule has 0 bridgehead atoms. The summed E-state index contributed by atoms with van der Waals surface area (Å²) in [5, 5.41) is 11.5. The van der Waals surface area contributed by atoms with Crippen molar-refractivity contribution in [3.8, 4) is 11.5 Å². The molecule has 9 nitrogen and oxygen atoms in total. The third-order valence-electron chi connectivity index (χ3n) is 7.90. The first-order valence-corrected chi connectivity index (χ1v) is 15.2. The first-order valence-electron chi connectivity index (χ1n) is 15.2. The zero-order chi connectivity index (χ0) is 31.4. The third kappa shape index (κ3) is 8.97. The molecule has 1 saturated heterocycles. The topological polar surface area (TPSA) is 104 Å². The SMILES string of the molecule is COC(=O)COc1cccc2ccc(COC3CN(C(=O)O)CCC3c3ccc(OCCCOCc4ccccc4)cc3)cc12. The van der Waals surface area contributed by atoms with Crippen LogP contribution in [-0.2, 0) is 32.2 Å². The van der Waals surface area contributed by atoms with Crippen molar-refractivity contribution in [2.75, 3.05) is 40.0 Å². The highest BCUT2D eigenvalue weighted by atomic mass is 16.6. The van der Waals surface area contributed by atoms with Crippen molar-refractivity contribution in [3.05, 3.63) is 108 Å². The molecule has 236 valence electrons. The Labute approximate surface area is 263 Å². The molecule has 1 aliphatic heterocycles. The van der Waals surface area contributed by atoms with Gasteiger partial charge >= 0.3 is 12.1 Å². The highest BCUT2D eigenvalue weighted by Crippen LogP contribution is 2.33. The zero-order valence-corrected chi connectivity index (χ0v) is 25.4. The van der Waals surface area contributed by atoms with Gasteiger partial charge in [0.1, 0.15) is 11.5 Å². The Kier molecular flexibility index (Phi) is 11.3. The molecule has 0 aliphatic carbocycles. The number of benzene rings is 4. The van der Waals surface area contributed by atoms with Crippen molar-refractivity contribution in [2.45, 2.75) is 38.1 Å². The van der Waals surface area contributed by atoms with Crippen LogP contribution in [0.1, 0.15) is 35.4 Å². The molecule has 0 saturated carbocycles. The number of ether oxygens (including phenoxy) is 5. The van der Waals surface area contributed by atoms with E-state index in [-0.39, 0.29) is 25.2 Å². The predicted molar refractivity (Wildman–Crippen MR) is 170 cm³/mol. The summed E-state index contributed by atoms with van der Waals surface area (Å²) in [6, 6.07) is 29.7. The fourth-order valence-corrected chi connectivity index (χ4v) is 5.47. The second kappa shape index (κ2) is 15.9. The second-order valence-corrected chi connectivity index (χ2v) is 11.0. The first-order chi connectivity index (χ1) is 22.0. The number of rotatable bonds is 14. The highest BCUT2D eigenvalue weighted by Gasteiger charge is 2.33. The standard InChI is InChI=1S/C36H39NO8/c1-41-35(38)25-45-33-10-5-9-28-12-11-27(21-32(28)33)24-44-34-22-37(36(39)40)18-17-31(34)29-13-15-30(16-14-29)43-20-6-19-42-23-26-7-3-2-4-8-26/h2-5,7-16,21,31,34H,6,17-20,22-25H2,1H3,(H,39,40). The summed E-state index contributed by atoms with van der Waals surface area (Å²) in [5.74, 6) is 0.931. The van der Waals surface area contributed by atoms with Gasteiger partial charge in [0, 0.05) is 24.3 Å². The van der Waals surface area contributed by atoms with Gasteiger partial charge in [0.15, 0.2) is 6.61 Å². The lowest BCUT2D eigenvalue weighted by Gasteiger charge is -2.37. The molecule has 5 rings (SSSR count). The lowest BCUT2D eigenvalue weighted by molar-refractivity contribution is -0.142. The number of amides is 1. The number of piperidine rings is 1. The van der Waals surface area contributed by atoms with Crippen LogP contribution in [0, 0.1) is 0 Å². The molecule has 4 aromatic rings. The maximum Gasteiger partial charge on any atom is 0.407 e. The second-order valence-electron chi connectivity index (χ2n) is 11.0. The van der Waals surface area contributed by atoms with E-state index < -0.39 is 12.1 Å². The van der Waals surface area contributed by atoms with E-state index in [0.29, 0.717) is 45.1 Å². The van der Waals surface area contributed by atoms with E-state index >= 15 is 0 Å². The quantitative estimate of drug-likeness (QED) is 0.128. The van der Waals surface area contributed by atoms with Crippen molar-refractivity contribution in [1.82, 2.24) is 4.90 Å². The Morgan fingerprint density at radius 3 is 2.47 bits per heavy atom. The van der Waals surface area contributed by atoms with Gasteiger partial charge in [-0.2, -0.15) is 0 Å². The van der Waals surface area contributed by atoms with E-state index in [2.05, 4.69) is 0 Å². The number of carboxylic acid groups (broad SMARTS) is 1. The molecule has 1 heterocycles. The molecule has 1 N–H and O–H groups in total. The van der Waals surface area contributed by atoms with Crippen LogP contribution in [-0.4, -0.2) is 68.2 Å². The normalized spacial score (nSPS) is 16.3. The van der Waals surface area contributed by atoms with Crippen molar-refractivity contribution < 1.29 is 38.4 Å². The molecule has 4 aromatic carbocycles. The molecule has 1 amide bonds. The zero-order valence-electron chi connectivity index (χ0n) is 25.4. The molecule has 9 heteroatoms. The highest BCUT2D eigenvalue weighted by molar-refractivity contribution is 5.89. The Morgan fingerprint density at radius 1 is 0.867 bits per heavy atom. The lowest BCUT2D eigenvalue weighted by Crippen LogP contribution is -2.46. The van der Waals surface area contributed by atoms with Crippen molar-refractivity contribution in [3.63, 3.8) is 0 Å². The maximum atomic E-state index is 11.8. The van der Waals surface area contributed by atoms with E-state index in [0.717, 1.165) is 39.6 Å². The summed E-state index contributed by atoms with van der Waals surface area (Å²) >= 11 is 0. The first kappa shape index (κ1) is 31.8. The molecular weight excluding hydrogens is 574 g/mol. The number of carbonyl (C=O) groups excluding carboxylic acids is 1. The van der Waals surface area contributed by atoms with Crippen LogP contribution in [0.25, 0.3) is 10.8 Å². The summed E-state index contributed by atoms with van der Waals surface area (Å²) in [7, 11) is 1.32. The van der Waals surface area contributed by atoms with Crippen molar-refractivity contribution >= 4 is 22.8 Å². The lowest BCUT2D eigenvalue weighted by atomic mass is 9.87. The Morgan fingerprint density at radius 2 is 1.69 bits per heavy atom. The number of hydrogen-bond acceptors (Lipinski definition) is 7. The number of likely N-dealkylation sites (tertiary alicyclic amines) is 1. The number of carbonyl (C=O) groups is 2. The number of esters is 1. The minimum Gasteiger partial charge on any atom is -0.494 e. The Balaban J connectivity index is 1.18. The molecule has 0 spiro atoms. The number of hydrogen-bond donors (Lipinski definition) is 1. The van der Waals surface area contributed by atoms with Crippen LogP contribution in [0.2, 0.25) is 0 Å². The summed E-state index contributed by atoms with van der Waals surface area (Å²) in [6.07, 6.45) is 0.159. The van der Waals surface area contributed by atoms with Crippen molar-refractivity contribution in [1.29, 1.82) is 0 Å². The van der Waals surface area contributed by atoms with E-state index in [4.69, 9.17) is 23.7 Å². The summed E-state index contributed by atoms with van der Waals surface area (Å²) in [4.78, 5) is 24.8. The fourth-order valence-electron chi connectivity index (χ4n) is 5.47. The molecule has 0 radical (unpaired) electrons. The van der Waals surface area contributed by atoms with E-state index in [1.165, 1.54) is 12.0 Å².